The van der Waals surface area contributed by atoms with E-state index in [1.54, 1.807) is 0 Å². The molecule has 2 unspecified atom stereocenters. The Kier molecular flexibility index (Phi) is 14.2. The first kappa shape index (κ1) is 22.9. The summed E-state index contributed by atoms with van der Waals surface area (Å²) in [6.07, 6.45) is 4.98. The van der Waals surface area contributed by atoms with Crippen LogP contribution >= 0.6 is 24.0 Å². The van der Waals surface area contributed by atoms with E-state index in [-0.39, 0.29) is 24.0 Å². The Morgan fingerprint density at radius 1 is 1.30 bits per heavy atom. The van der Waals surface area contributed by atoms with E-state index in [4.69, 9.17) is 9.47 Å². The van der Waals surface area contributed by atoms with Gasteiger partial charge in [0.25, 0.3) is 0 Å². The van der Waals surface area contributed by atoms with Crippen molar-refractivity contribution in [3.8, 4) is 0 Å². The summed E-state index contributed by atoms with van der Waals surface area (Å²) >= 11 is 0. The second-order valence-electron chi connectivity index (χ2n) is 6.49. The zero-order chi connectivity index (χ0) is 16.2. The predicted molar refractivity (Wildman–Crippen MR) is 108 cm³/mol. The molecule has 1 saturated heterocycles. The molecule has 1 fully saturated rings. The second kappa shape index (κ2) is 14.3. The summed E-state index contributed by atoms with van der Waals surface area (Å²) in [5.41, 5.74) is 0. The number of hydrogen-bond donors (Lipinski definition) is 2. The summed E-state index contributed by atoms with van der Waals surface area (Å²) in [6, 6.07) is 0.438. The maximum absolute atomic E-state index is 5.64. The van der Waals surface area contributed by atoms with Crippen molar-refractivity contribution in [1.29, 1.82) is 0 Å². The van der Waals surface area contributed by atoms with Gasteiger partial charge in [0, 0.05) is 19.2 Å². The van der Waals surface area contributed by atoms with Crippen molar-refractivity contribution in [3.05, 3.63) is 0 Å². The van der Waals surface area contributed by atoms with E-state index in [1.165, 1.54) is 6.42 Å². The van der Waals surface area contributed by atoms with Gasteiger partial charge < -0.3 is 20.1 Å². The van der Waals surface area contributed by atoms with Gasteiger partial charge in [-0.15, -0.1) is 24.0 Å². The van der Waals surface area contributed by atoms with Crippen LogP contribution in [0.4, 0.5) is 0 Å². The maximum atomic E-state index is 5.64. The van der Waals surface area contributed by atoms with Crippen molar-refractivity contribution < 1.29 is 9.47 Å². The van der Waals surface area contributed by atoms with E-state index in [0.29, 0.717) is 31.9 Å². The van der Waals surface area contributed by atoms with Crippen LogP contribution in [0, 0.1) is 5.92 Å². The Hall–Kier alpha value is -0.0800. The van der Waals surface area contributed by atoms with Crippen molar-refractivity contribution in [2.45, 2.75) is 65.5 Å². The summed E-state index contributed by atoms with van der Waals surface area (Å²) < 4.78 is 11.2. The molecule has 1 aliphatic rings. The van der Waals surface area contributed by atoms with E-state index < -0.39 is 0 Å². The van der Waals surface area contributed by atoms with Crippen LogP contribution in [0.2, 0.25) is 0 Å². The molecule has 2 N–H and O–H groups in total. The quantitative estimate of drug-likeness (QED) is 0.237. The van der Waals surface area contributed by atoms with Gasteiger partial charge in [-0.1, -0.05) is 13.8 Å². The summed E-state index contributed by atoms with van der Waals surface area (Å²) in [5, 5.41) is 6.76. The zero-order valence-electron chi connectivity index (χ0n) is 15.3. The van der Waals surface area contributed by atoms with E-state index in [0.717, 1.165) is 44.3 Å². The van der Waals surface area contributed by atoms with Gasteiger partial charge in [-0.05, 0) is 45.4 Å². The number of nitrogens with one attached hydrogen (secondary N) is 2. The first-order valence-corrected chi connectivity index (χ1v) is 8.86. The molecular formula is C17H36IN3O2. The molecule has 23 heavy (non-hydrogen) atoms. The third-order valence-electron chi connectivity index (χ3n) is 3.74. The Balaban J connectivity index is 0.00000484. The zero-order valence-corrected chi connectivity index (χ0v) is 17.6. The smallest absolute Gasteiger partial charge is 0.191 e. The van der Waals surface area contributed by atoms with E-state index in [9.17, 15) is 0 Å². The molecule has 2 atom stereocenters. The normalized spacial score (nSPS) is 19.5. The largest absolute Gasteiger partial charge is 0.377 e. The molecule has 0 amide bonds. The molecule has 5 nitrogen and oxygen atoms in total. The molecule has 0 saturated carbocycles. The van der Waals surface area contributed by atoms with Gasteiger partial charge >= 0.3 is 0 Å². The SMILES string of the molecule is CCNC(=NCCOCC1CCCO1)NC(C)CCC(C)C.I. The van der Waals surface area contributed by atoms with Crippen LogP contribution < -0.4 is 10.6 Å². The van der Waals surface area contributed by atoms with Crippen LogP contribution in [0.15, 0.2) is 4.99 Å². The number of hydrogen-bond acceptors (Lipinski definition) is 3. The van der Waals surface area contributed by atoms with Gasteiger partial charge in [0.1, 0.15) is 0 Å². The number of halogens is 1. The highest BCUT2D eigenvalue weighted by Crippen LogP contribution is 2.11. The second-order valence-corrected chi connectivity index (χ2v) is 6.49. The minimum absolute atomic E-state index is 0. The molecular weight excluding hydrogens is 405 g/mol. The molecule has 0 radical (unpaired) electrons. The highest BCUT2D eigenvalue weighted by atomic mass is 127. The molecule has 0 aliphatic carbocycles. The van der Waals surface area contributed by atoms with Crippen molar-refractivity contribution in [1.82, 2.24) is 10.6 Å². The van der Waals surface area contributed by atoms with Crippen LogP contribution in [0.25, 0.3) is 0 Å². The lowest BCUT2D eigenvalue weighted by Gasteiger charge is -2.18. The van der Waals surface area contributed by atoms with Gasteiger partial charge in [0.2, 0.25) is 0 Å². The van der Waals surface area contributed by atoms with Crippen molar-refractivity contribution in [2.24, 2.45) is 10.9 Å². The summed E-state index contributed by atoms with van der Waals surface area (Å²) in [6.45, 7) is 12.6. The Morgan fingerprint density at radius 2 is 2.09 bits per heavy atom. The van der Waals surface area contributed by atoms with Crippen molar-refractivity contribution in [2.75, 3.05) is 32.9 Å². The lowest BCUT2D eigenvalue weighted by Crippen LogP contribution is -2.42. The summed E-state index contributed by atoms with van der Waals surface area (Å²) in [7, 11) is 0. The summed E-state index contributed by atoms with van der Waals surface area (Å²) in [4.78, 5) is 4.57. The average molecular weight is 441 g/mol. The Bertz CT molecular complexity index is 308. The number of ether oxygens (including phenoxy) is 2. The molecule has 0 aromatic rings. The minimum Gasteiger partial charge on any atom is -0.377 e. The molecule has 0 aromatic heterocycles. The molecule has 1 aliphatic heterocycles. The fourth-order valence-electron chi connectivity index (χ4n) is 2.42. The van der Waals surface area contributed by atoms with E-state index in [1.807, 2.05) is 0 Å². The molecule has 0 bridgehead atoms. The maximum Gasteiger partial charge on any atom is 0.191 e. The lowest BCUT2D eigenvalue weighted by molar-refractivity contribution is 0.0200. The van der Waals surface area contributed by atoms with Gasteiger partial charge in [-0.3, -0.25) is 4.99 Å². The average Bonchev–Trinajstić information content (AvgIpc) is 2.98. The van der Waals surface area contributed by atoms with Gasteiger partial charge in [0.05, 0.1) is 25.9 Å². The molecule has 1 rings (SSSR count). The highest BCUT2D eigenvalue weighted by Gasteiger charge is 2.14. The first-order valence-electron chi connectivity index (χ1n) is 8.86. The number of guanidine groups is 1. The minimum atomic E-state index is 0. The van der Waals surface area contributed by atoms with E-state index in [2.05, 4.69) is 43.3 Å². The van der Waals surface area contributed by atoms with Crippen LogP contribution in [0.5, 0.6) is 0 Å². The first-order chi connectivity index (χ1) is 10.6. The standard InChI is InChI=1S/C17H35N3O2.HI/c1-5-18-17(20-15(4)9-8-14(2)3)19-10-12-21-13-16-7-6-11-22-16;/h14-16H,5-13H2,1-4H3,(H2,18,19,20);1H. The van der Waals surface area contributed by atoms with Crippen LogP contribution in [0.3, 0.4) is 0 Å². The number of rotatable bonds is 10. The lowest BCUT2D eigenvalue weighted by atomic mass is 10.0. The summed E-state index contributed by atoms with van der Waals surface area (Å²) in [5.74, 6) is 1.63. The fraction of sp³-hybridized carbons (Fsp3) is 0.941. The van der Waals surface area contributed by atoms with Crippen LogP contribution in [-0.4, -0.2) is 51.0 Å². The van der Waals surface area contributed by atoms with Crippen LogP contribution in [0.1, 0.15) is 53.4 Å². The van der Waals surface area contributed by atoms with Gasteiger partial charge in [-0.25, -0.2) is 0 Å². The molecule has 0 spiro atoms. The topological polar surface area (TPSA) is 54.9 Å². The molecule has 138 valence electrons. The molecule has 6 heteroatoms. The Morgan fingerprint density at radius 3 is 2.70 bits per heavy atom. The number of aliphatic imine (C=N–C) groups is 1. The highest BCUT2D eigenvalue weighted by molar-refractivity contribution is 14.0. The third-order valence-corrected chi connectivity index (χ3v) is 3.74. The Labute approximate surface area is 159 Å². The monoisotopic (exact) mass is 441 g/mol. The molecule has 0 aromatic carbocycles. The predicted octanol–water partition coefficient (Wildman–Crippen LogP) is 3.18. The third kappa shape index (κ3) is 12.0. The van der Waals surface area contributed by atoms with Gasteiger partial charge in [0.15, 0.2) is 5.96 Å². The van der Waals surface area contributed by atoms with Crippen LogP contribution in [-0.2, 0) is 9.47 Å². The molecule has 1 heterocycles. The fourth-order valence-corrected chi connectivity index (χ4v) is 2.42. The number of nitrogens with zero attached hydrogens (tertiary/aromatic N) is 1. The van der Waals surface area contributed by atoms with Crippen molar-refractivity contribution >= 4 is 29.9 Å². The van der Waals surface area contributed by atoms with Gasteiger partial charge in [-0.2, -0.15) is 0 Å². The van der Waals surface area contributed by atoms with Crippen molar-refractivity contribution in [3.63, 3.8) is 0 Å². The van der Waals surface area contributed by atoms with E-state index >= 15 is 0 Å².